The van der Waals surface area contributed by atoms with Crippen molar-refractivity contribution in [1.29, 1.82) is 0 Å². The van der Waals surface area contributed by atoms with Gasteiger partial charge in [0, 0.05) is 12.1 Å². The molecule has 0 aliphatic heterocycles. The molecule has 2 aromatic rings. The van der Waals surface area contributed by atoms with Crippen molar-refractivity contribution >= 4 is 23.3 Å². The Morgan fingerprint density at radius 2 is 1.38 bits per heavy atom. The zero-order valence-electron chi connectivity index (χ0n) is 8.89. The summed E-state index contributed by atoms with van der Waals surface area (Å²) in [7, 11) is 0. The topological polar surface area (TPSA) is 26.0 Å². The third-order valence-corrected chi connectivity index (χ3v) is 2.68. The second kappa shape index (κ2) is 4.90. The highest BCUT2D eigenvalue weighted by molar-refractivity contribution is 7.78. The Hall–Kier alpha value is -1.67. The van der Waals surface area contributed by atoms with Crippen molar-refractivity contribution in [2.24, 2.45) is 0 Å². The second-order valence-electron chi connectivity index (χ2n) is 3.69. The lowest BCUT2D eigenvalue weighted by Crippen LogP contribution is -1.86. The van der Waals surface area contributed by atoms with E-state index in [4.69, 9.17) is 18.0 Å². The first-order chi connectivity index (χ1) is 7.79. The highest BCUT2D eigenvalue weighted by Gasteiger charge is 1.97. The Morgan fingerprint density at radius 3 is 1.88 bits per heavy atom. The van der Waals surface area contributed by atoms with Crippen molar-refractivity contribution in [3.05, 3.63) is 54.1 Å². The molecule has 0 aromatic heterocycles. The van der Waals surface area contributed by atoms with Gasteiger partial charge >= 0.3 is 0 Å². The van der Waals surface area contributed by atoms with E-state index in [0.29, 0.717) is 0 Å². The third kappa shape index (κ3) is 2.47. The molecular weight excluding hydrogens is 214 g/mol. The number of thiocarbonyl (C=S) groups is 1. The molecule has 0 radical (unpaired) electrons. The van der Waals surface area contributed by atoms with Crippen LogP contribution in [-0.4, -0.2) is 5.37 Å². The Balaban J connectivity index is 2.27. The zero-order valence-corrected chi connectivity index (χ0v) is 9.71. The van der Waals surface area contributed by atoms with Gasteiger partial charge in [0.1, 0.15) is 0 Å². The highest BCUT2D eigenvalue weighted by Crippen LogP contribution is 2.20. The van der Waals surface area contributed by atoms with Gasteiger partial charge in [-0.05, 0) is 34.2 Å². The molecule has 0 unspecified atom stereocenters. The number of nitrogen functional groups attached to an aromatic ring is 1. The lowest BCUT2D eigenvalue weighted by molar-refractivity contribution is 1.38. The zero-order chi connectivity index (χ0) is 11.4. The molecule has 0 heterocycles. The molecule has 0 amide bonds. The average molecular weight is 227 g/mol. The van der Waals surface area contributed by atoms with Crippen LogP contribution in [0.15, 0.2) is 48.5 Å². The van der Waals surface area contributed by atoms with Crippen molar-refractivity contribution in [2.75, 3.05) is 5.73 Å². The number of anilines is 1. The van der Waals surface area contributed by atoms with Gasteiger partial charge in [-0.25, -0.2) is 0 Å². The Labute approximate surface area is 101 Å². The maximum Gasteiger partial charge on any atom is 0.0314 e. The van der Waals surface area contributed by atoms with Crippen LogP contribution in [0.1, 0.15) is 5.56 Å². The summed E-state index contributed by atoms with van der Waals surface area (Å²) in [5.41, 5.74) is 10.1. The summed E-state index contributed by atoms with van der Waals surface area (Å²) < 4.78 is 0. The molecular formula is C14H13NS. The number of nitrogens with two attached hydrogens (primary N) is 1. The third-order valence-electron chi connectivity index (χ3n) is 2.52. The summed E-state index contributed by atoms with van der Waals surface area (Å²) in [4.78, 5) is 0. The Bertz CT molecular complexity index is 471. The SMILES string of the molecule is Nc1ccc(-c2ccc(CC=S)cc2)cc1. The minimum absolute atomic E-state index is 0.793. The summed E-state index contributed by atoms with van der Waals surface area (Å²) in [6, 6.07) is 16.3. The van der Waals surface area contributed by atoms with Gasteiger partial charge in [0.05, 0.1) is 0 Å². The van der Waals surface area contributed by atoms with E-state index in [0.717, 1.165) is 12.1 Å². The minimum Gasteiger partial charge on any atom is -0.399 e. The highest BCUT2D eigenvalue weighted by atomic mass is 32.1. The predicted octanol–water partition coefficient (Wildman–Crippen LogP) is 3.48. The van der Waals surface area contributed by atoms with Crippen molar-refractivity contribution in [2.45, 2.75) is 6.42 Å². The van der Waals surface area contributed by atoms with E-state index in [9.17, 15) is 0 Å². The predicted molar refractivity (Wildman–Crippen MR) is 73.6 cm³/mol. The molecule has 0 saturated heterocycles. The summed E-state index contributed by atoms with van der Waals surface area (Å²) >= 11 is 4.84. The van der Waals surface area contributed by atoms with Gasteiger partial charge in [0.15, 0.2) is 0 Å². The molecule has 16 heavy (non-hydrogen) atoms. The van der Waals surface area contributed by atoms with E-state index in [-0.39, 0.29) is 0 Å². The van der Waals surface area contributed by atoms with Gasteiger partial charge in [-0.2, -0.15) is 0 Å². The average Bonchev–Trinajstić information content (AvgIpc) is 2.32. The quantitative estimate of drug-likeness (QED) is 0.641. The normalized spacial score (nSPS) is 10.0. The molecule has 2 rings (SSSR count). The monoisotopic (exact) mass is 227 g/mol. The number of rotatable bonds is 3. The fraction of sp³-hybridized carbons (Fsp3) is 0.0714. The molecule has 0 bridgehead atoms. The van der Waals surface area contributed by atoms with Crippen molar-refractivity contribution in [3.8, 4) is 11.1 Å². The Kier molecular flexibility index (Phi) is 3.32. The van der Waals surface area contributed by atoms with E-state index in [2.05, 4.69) is 24.3 Å². The largest absolute Gasteiger partial charge is 0.399 e. The maximum atomic E-state index is 5.65. The van der Waals surface area contributed by atoms with Gasteiger partial charge in [-0.3, -0.25) is 0 Å². The van der Waals surface area contributed by atoms with Crippen LogP contribution in [0.3, 0.4) is 0 Å². The van der Waals surface area contributed by atoms with Gasteiger partial charge in [0.25, 0.3) is 0 Å². The van der Waals surface area contributed by atoms with E-state index < -0.39 is 0 Å². The van der Waals surface area contributed by atoms with Crippen LogP contribution in [0.4, 0.5) is 5.69 Å². The molecule has 0 saturated carbocycles. The number of benzene rings is 2. The summed E-state index contributed by atoms with van der Waals surface area (Å²) in [6.07, 6.45) is 0.845. The fourth-order valence-electron chi connectivity index (χ4n) is 1.61. The lowest BCUT2D eigenvalue weighted by atomic mass is 10.0. The molecule has 1 nitrogen and oxygen atoms in total. The smallest absolute Gasteiger partial charge is 0.0314 e. The van der Waals surface area contributed by atoms with Gasteiger partial charge in [-0.1, -0.05) is 48.6 Å². The van der Waals surface area contributed by atoms with E-state index in [1.54, 1.807) is 5.37 Å². The molecule has 2 N–H and O–H groups in total. The van der Waals surface area contributed by atoms with E-state index >= 15 is 0 Å². The summed E-state index contributed by atoms with van der Waals surface area (Å²) in [5.74, 6) is 0. The van der Waals surface area contributed by atoms with Crippen molar-refractivity contribution in [3.63, 3.8) is 0 Å². The Morgan fingerprint density at radius 1 is 0.875 bits per heavy atom. The van der Waals surface area contributed by atoms with Crippen molar-refractivity contribution in [1.82, 2.24) is 0 Å². The van der Waals surface area contributed by atoms with Crippen LogP contribution in [0, 0.1) is 0 Å². The van der Waals surface area contributed by atoms with Gasteiger partial charge in [0.2, 0.25) is 0 Å². The molecule has 0 atom stereocenters. The van der Waals surface area contributed by atoms with Gasteiger partial charge in [-0.15, -0.1) is 0 Å². The molecule has 2 aromatic carbocycles. The molecule has 80 valence electrons. The molecule has 0 aliphatic carbocycles. The maximum absolute atomic E-state index is 5.65. The number of hydrogen-bond acceptors (Lipinski definition) is 2. The first-order valence-electron chi connectivity index (χ1n) is 5.18. The first kappa shape index (κ1) is 10.8. The standard InChI is InChI=1S/C14H13NS/c15-14-7-5-13(6-8-14)12-3-1-11(2-4-12)9-10-16/h1-8,10H,9,15H2. The molecule has 2 heteroatoms. The van der Waals surface area contributed by atoms with Crippen LogP contribution in [0.5, 0.6) is 0 Å². The lowest BCUT2D eigenvalue weighted by Gasteiger charge is -2.03. The van der Waals surface area contributed by atoms with Crippen LogP contribution in [-0.2, 0) is 6.42 Å². The fourth-order valence-corrected chi connectivity index (χ4v) is 1.80. The van der Waals surface area contributed by atoms with E-state index in [1.807, 2.05) is 24.3 Å². The van der Waals surface area contributed by atoms with Gasteiger partial charge < -0.3 is 5.73 Å². The molecule has 0 aliphatic rings. The molecule has 0 spiro atoms. The minimum atomic E-state index is 0.793. The van der Waals surface area contributed by atoms with Crippen molar-refractivity contribution < 1.29 is 0 Å². The molecule has 0 fully saturated rings. The van der Waals surface area contributed by atoms with Crippen LogP contribution < -0.4 is 5.73 Å². The van der Waals surface area contributed by atoms with Crippen LogP contribution in [0.2, 0.25) is 0 Å². The summed E-state index contributed by atoms with van der Waals surface area (Å²) in [6.45, 7) is 0. The second-order valence-corrected chi connectivity index (χ2v) is 4.02. The van der Waals surface area contributed by atoms with Crippen LogP contribution >= 0.6 is 12.2 Å². The van der Waals surface area contributed by atoms with Crippen LogP contribution in [0.25, 0.3) is 11.1 Å². The van der Waals surface area contributed by atoms with E-state index in [1.165, 1.54) is 16.7 Å². The first-order valence-corrected chi connectivity index (χ1v) is 5.65. The number of hydrogen-bond donors (Lipinski definition) is 1. The summed E-state index contributed by atoms with van der Waals surface area (Å²) in [5, 5.41) is 1.75.